The van der Waals surface area contributed by atoms with Crippen LogP contribution in [0.3, 0.4) is 0 Å². The minimum atomic E-state index is -0.547. The third kappa shape index (κ3) is 2.86. The lowest BCUT2D eigenvalue weighted by molar-refractivity contribution is -0.112. The van der Waals surface area contributed by atoms with Crippen molar-refractivity contribution in [2.24, 2.45) is 5.10 Å². The summed E-state index contributed by atoms with van der Waals surface area (Å²) in [7, 11) is 0. The first-order chi connectivity index (χ1) is 6.74. The number of carbonyl (C=O) groups excluding carboxylic acids is 2. The van der Waals surface area contributed by atoms with Gasteiger partial charge in [-0.05, 0) is 0 Å². The zero-order chi connectivity index (χ0) is 10.4. The number of cyclic esters (lactones) is 1. The molecule has 1 aliphatic heterocycles. The summed E-state index contributed by atoms with van der Waals surface area (Å²) in [6.45, 7) is 0.656. The average molecular weight is 195 g/mol. The highest BCUT2D eigenvalue weighted by molar-refractivity contribution is 6.27. The number of hydrogen-bond donors (Lipinski definition) is 0. The predicted octanol–water partition coefficient (Wildman–Crippen LogP) is 0.297. The van der Waals surface area contributed by atoms with Crippen molar-refractivity contribution in [1.29, 1.82) is 5.26 Å². The minimum absolute atomic E-state index is 0.128. The van der Waals surface area contributed by atoms with E-state index in [-0.39, 0.29) is 18.6 Å². The van der Waals surface area contributed by atoms with E-state index in [1.165, 1.54) is 0 Å². The van der Waals surface area contributed by atoms with Crippen molar-refractivity contribution in [1.82, 2.24) is 5.01 Å². The van der Waals surface area contributed by atoms with Crippen molar-refractivity contribution in [2.75, 3.05) is 13.2 Å². The second-order valence-corrected chi connectivity index (χ2v) is 2.61. The molecule has 1 amide bonds. The second-order valence-electron chi connectivity index (χ2n) is 2.61. The van der Waals surface area contributed by atoms with Crippen LogP contribution in [0, 0.1) is 11.3 Å². The Hall–Kier alpha value is -1.90. The summed E-state index contributed by atoms with van der Waals surface area (Å²) in [5.74, 6) is -0.272. The maximum Gasteiger partial charge on any atom is 0.430 e. The quantitative estimate of drug-likeness (QED) is 0.604. The molecule has 1 aliphatic rings. The van der Waals surface area contributed by atoms with Crippen molar-refractivity contribution in [3.05, 3.63) is 0 Å². The first-order valence-electron chi connectivity index (χ1n) is 4.12. The highest BCUT2D eigenvalue weighted by atomic mass is 16.6. The molecule has 6 heteroatoms. The molecule has 0 radical (unpaired) electrons. The fraction of sp³-hybridized carbons (Fsp3) is 0.500. The monoisotopic (exact) mass is 195 g/mol. The molecule has 0 atom stereocenters. The van der Waals surface area contributed by atoms with Gasteiger partial charge in [-0.25, -0.2) is 4.79 Å². The molecule has 0 spiro atoms. The molecular formula is C8H9N3O3. The van der Waals surface area contributed by atoms with E-state index in [4.69, 9.17) is 5.26 Å². The Morgan fingerprint density at radius 1 is 1.79 bits per heavy atom. The molecule has 1 heterocycles. The molecule has 0 aromatic rings. The van der Waals surface area contributed by atoms with E-state index in [2.05, 4.69) is 9.84 Å². The van der Waals surface area contributed by atoms with Crippen molar-refractivity contribution in [3.63, 3.8) is 0 Å². The summed E-state index contributed by atoms with van der Waals surface area (Å²) in [6, 6.07) is 1.85. The Labute approximate surface area is 80.7 Å². The Morgan fingerprint density at radius 3 is 3.14 bits per heavy atom. The van der Waals surface area contributed by atoms with Gasteiger partial charge >= 0.3 is 6.09 Å². The lowest BCUT2D eigenvalue weighted by Gasteiger charge is -2.02. The number of rotatable bonds is 4. The van der Waals surface area contributed by atoms with Crippen LogP contribution in [0.2, 0.25) is 0 Å². The van der Waals surface area contributed by atoms with Gasteiger partial charge in [0.25, 0.3) is 0 Å². The topological polar surface area (TPSA) is 82.8 Å². The van der Waals surface area contributed by atoms with E-state index in [9.17, 15) is 9.59 Å². The number of nitriles is 1. The molecule has 6 nitrogen and oxygen atoms in total. The second kappa shape index (κ2) is 4.97. The Kier molecular flexibility index (Phi) is 3.61. The number of hydrogen-bond acceptors (Lipinski definition) is 5. The van der Waals surface area contributed by atoms with Gasteiger partial charge in [0, 0.05) is 12.8 Å². The smallest absolute Gasteiger partial charge is 0.430 e. The standard InChI is InChI=1S/C8H9N3O3/c9-3-1-2-7(12)6-10-11-4-5-14-8(11)13/h6H,1-2,4-5H2. The zero-order valence-corrected chi connectivity index (χ0v) is 7.47. The van der Waals surface area contributed by atoms with Gasteiger partial charge in [-0.2, -0.15) is 15.4 Å². The highest BCUT2D eigenvalue weighted by Gasteiger charge is 2.20. The molecule has 0 aromatic heterocycles. The summed E-state index contributed by atoms with van der Waals surface area (Å²) >= 11 is 0. The van der Waals surface area contributed by atoms with Crippen molar-refractivity contribution >= 4 is 18.1 Å². The highest BCUT2D eigenvalue weighted by Crippen LogP contribution is 2.02. The largest absolute Gasteiger partial charge is 0.446 e. The van der Waals surface area contributed by atoms with Crippen molar-refractivity contribution in [2.45, 2.75) is 12.8 Å². The number of hydrazone groups is 1. The summed E-state index contributed by atoms with van der Waals surface area (Å²) in [6.07, 6.45) is 0.789. The maximum atomic E-state index is 11.0. The molecular weight excluding hydrogens is 186 g/mol. The van der Waals surface area contributed by atoms with Crippen LogP contribution in [0.4, 0.5) is 4.79 Å². The van der Waals surface area contributed by atoms with E-state index >= 15 is 0 Å². The predicted molar refractivity (Wildman–Crippen MR) is 46.4 cm³/mol. The van der Waals surface area contributed by atoms with Gasteiger partial charge in [-0.3, -0.25) is 4.79 Å². The van der Waals surface area contributed by atoms with Crippen LogP contribution < -0.4 is 0 Å². The van der Waals surface area contributed by atoms with Crippen LogP contribution in [0.1, 0.15) is 12.8 Å². The number of Topliss-reactive ketones (excluding diaryl/α,β-unsaturated/α-hetero) is 1. The molecule has 0 N–H and O–H groups in total. The van der Waals surface area contributed by atoms with E-state index in [1.54, 1.807) is 0 Å². The summed E-state index contributed by atoms with van der Waals surface area (Å²) in [5, 5.41) is 12.9. The molecule has 14 heavy (non-hydrogen) atoms. The number of carbonyl (C=O) groups is 2. The van der Waals surface area contributed by atoms with Gasteiger partial charge in [0.05, 0.1) is 18.8 Å². The Bertz CT molecular complexity index is 305. The van der Waals surface area contributed by atoms with Gasteiger partial charge in [-0.1, -0.05) is 0 Å². The summed E-state index contributed by atoms with van der Waals surface area (Å²) in [4.78, 5) is 21.8. The molecule has 1 fully saturated rings. The molecule has 1 rings (SSSR count). The molecule has 74 valence electrons. The normalized spacial score (nSPS) is 15.6. The van der Waals surface area contributed by atoms with E-state index in [1.807, 2.05) is 6.07 Å². The number of amides is 1. The van der Waals surface area contributed by atoms with Gasteiger partial charge in [0.2, 0.25) is 0 Å². The summed E-state index contributed by atoms with van der Waals surface area (Å²) < 4.78 is 4.59. The fourth-order valence-corrected chi connectivity index (χ4v) is 0.868. The molecule has 0 aliphatic carbocycles. The number of ether oxygens (including phenoxy) is 1. The van der Waals surface area contributed by atoms with Crippen molar-refractivity contribution < 1.29 is 14.3 Å². The van der Waals surface area contributed by atoms with Gasteiger partial charge in [-0.15, -0.1) is 0 Å². The van der Waals surface area contributed by atoms with Crippen LogP contribution in [0.5, 0.6) is 0 Å². The van der Waals surface area contributed by atoms with Crippen LogP contribution in [-0.4, -0.2) is 36.3 Å². The number of ketones is 1. The Morgan fingerprint density at radius 2 is 2.57 bits per heavy atom. The van der Waals surface area contributed by atoms with Crippen molar-refractivity contribution in [3.8, 4) is 6.07 Å². The van der Waals surface area contributed by atoms with E-state index in [0.29, 0.717) is 13.2 Å². The van der Waals surface area contributed by atoms with Gasteiger partial charge in [0.15, 0.2) is 5.78 Å². The third-order valence-electron chi connectivity index (χ3n) is 1.56. The lowest BCUT2D eigenvalue weighted by atomic mass is 10.2. The van der Waals surface area contributed by atoms with Crippen LogP contribution >= 0.6 is 0 Å². The molecule has 0 saturated carbocycles. The summed E-state index contributed by atoms with van der Waals surface area (Å²) in [5.41, 5.74) is 0. The van der Waals surface area contributed by atoms with Crippen LogP contribution in [0.15, 0.2) is 5.10 Å². The van der Waals surface area contributed by atoms with Crippen LogP contribution in [0.25, 0.3) is 0 Å². The van der Waals surface area contributed by atoms with Crippen LogP contribution in [-0.2, 0) is 9.53 Å². The third-order valence-corrected chi connectivity index (χ3v) is 1.56. The zero-order valence-electron chi connectivity index (χ0n) is 7.47. The Balaban J connectivity index is 2.35. The average Bonchev–Trinajstić information content (AvgIpc) is 2.58. The SMILES string of the molecule is N#CCCC(=O)C=NN1CCOC1=O. The first kappa shape index (κ1) is 10.2. The molecule has 0 unspecified atom stereocenters. The number of nitrogens with zero attached hydrogens (tertiary/aromatic N) is 3. The van der Waals surface area contributed by atoms with E-state index < -0.39 is 6.09 Å². The minimum Gasteiger partial charge on any atom is -0.446 e. The lowest BCUT2D eigenvalue weighted by Crippen LogP contribution is -2.18. The van der Waals surface area contributed by atoms with E-state index in [0.717, 1.165) is 11.2 Å². The maximum absolute atomic E-state index is 11.0. The molecule has 1 saturated heterocycles. The van der Waals surface area contributed by atoms with Gasteiger partial charge in [0.1, 0.15) is 6.61 Å². The molecule has 0 bridgehead atoms. The first-order valence-corrected chi connectivity index (χ1v) is 4.12. The van der Waals surface area contributed by atoms with Gasteiger partial charge < -0.3 is 4.74 Å². The molecule has 0 aromatic carbocycles. The fourth-order valence-electron chi connectivity index (χ4n) is 0.868.